The van der Waals surface area contributed by atoms with Gasteiger partial charge in [-0.3, -0.25) is 0 Å². The summed E-state index contributed by atoms with van der Waals surface area (Å²) in [5, 5.41) is 4.68. The third-order valence-electron chi connectivity index (χ3n) is 3.43. The second-order valence-electron chi connectivity index (χ2n) is 4.61. The molecular weight excluding hydrogens is 248 g/mol. The summed E-state index contributed by atoms with van der Waals surface area (Å²) in [4.78, 5) is 1.23. The Hall–Kier alpha value is -2.12. The van der Waals surface area contributed by atoms with Gasteiger partial charge in [-0.1, -0.05) is 54.6 Å². The van der Waals surface area contributed by atoms with Crippen molar-refractivity contribution < 1.29 is 0 Å². The topological polar surface area (TPSA) is 0 Å². The van der Waals surface area contributed by atoms with Crippen molar-refractivity contribution in [1.82, 2.24) is 0 Å². The maximum Gasteiger partial charge on any atom is 0.0428 e. The minimum absolute atomic E-state index is 1.19. The van der Waals surface area contributed by atoms with E-state index in [1.54, 1.807) is 11.3 Å². The molecule has 1 radical (unpaired) electrons. The zero-order valence-electron chi connectivity index (χ0n) is 10.3. The lowest BCUT2D eigenvalue weighted by Crippen LogP contribution is -1.78. The van der Waals surface area contributed by atoms with E-state index in [2.05, 4.69) is 72.1 Å². The smallest absolute Gasteiger partial charge is 0.0428 e. The molecule has 89 valence electrons. The van der Waals surface area contributed by atoms with Crippen LogP contribution in [-0.2, 0) is 0 Å². The molecule has 1 heterocycles. The molecule has 0 N–H and O–H groups in total. The molecule has 2 aromatic rings. The van der Waals surface area contributed by atoms with Crippen molar-refractivity contribution in [1.29, 1.82) is 0 Å². The molecule has 2 aliphatic rings. The first-order valence-corrected chi connectivity index (χ1v) is 7.17. The average molecular weight is 259 g/mol. The average Bonchev–Trinajstić information content (AvgIpc) is 2.90. The summed E-state index contributed by atoms with van der Waals surface area (Å²) in [7, 11) is 0. The SMILES string of the molecule is [c]1c(-c2cccc3ccccc23)cc2cccsc1-2. The normalized spacial score (nSPS) is 11.2. The van der Waals surface area contributed by atoms with E-state index >= 15 is 0 Å². The van der Waals surface area contributed by atoms with E-state index < -0.39 is 0 Å². The highest BCUT2D eigenvalue weighted by atomic mass is 32.1. The van der Waals surface area contributed by atoms with Crippen molar-refractivity contribution in [2.45, 2.75) is 0 Å². The molecule has 0 spiro atoms. The van der Waals surface area contributed by atoms with Crippen LogP contribution in [0.1, 0.15) is 0 Å². The quantitative estimate of drug-likeness (QED) is 0.425. The monoisotopic (exact) mass is 259 g/mol. The minimum atomic E-state index is 1.19. The molecule has 0 atom stereocenters. The van der Waals surface area contributed by atoms with Crippen LogP contribution in [0.4, 0.5) is 0 Å². The van der Waals surface area contributed by atoms with Crippen molar-refractivity contribution >= 4 is 22.1 Å². The van der Waals surface area contributed by atoms with Crippen LogP contribution in [0.5, 0.6) is 0 Å². The van der Waals surface area contributed by atoms with Gasteiger partial charge in [0.15, 0.2) is 0 Å². The van der Waals surface area contributed by atoms with Gasteiger partial charge in [0, 0.05) is 10.9 Å². The molecule has 4 rings (SSSR count). The Morgan fingerprint density at radius 2 is 1.74 bits per heavy atom. The summed E-state index contributed by atoms with van der Waals surface area (Å²) in [5.74, 6) is 0. The van der Waals surface area contributed by atoms with Crippen LogP contribution in [0.15, 0.2) is 66.0 Å². The lowest BCUT2D eigenvalue weighted by atomic mass is 10.0. The van der Waals surface area contributed by atoms with Crippen LogP contribution in [0.3, 0.4) is 0 Å². The maximum atomic E-state index is 3.52. The maximum absolute atomic E-state index is 3.52. The largest absolute Gasteiger partial charge is 0.143 e. The molecule has 0 amide bonds. The fourth-order valence-electron chi connectivity index (χ4n) is 2.53. The number of hydrogen-bond donors (Lipinski definition) is 0. The highest BCUT2D eigenvalue weighted by Crippen LogP contribution is 2.36. The Morgan fingerprint density at radius 1 is 0.842 bits per heavy atom. The zero-order chi connectivity index (χ0) is 12.7. The number of rotatable bonds is 1. The van der Waals surface area contributed by atoms with Gasteiger partial charge in [0.05, 0.1) is 0 Å². The lowest BCUT2D eigenvalue weighted by Gasteiger charge is -2.03. The van der Waals surface area contributed by atoms with Crippen molar-refractivity contribution in [3.05, 3.63) is 72.1 Å². The van der Waals surface area contributed by atoms with Crippen molar-refractivity contribution in [3.8, 4) is 21.6 Å². The van der Waals surface area contributed by atoms with Crippen LogP contribution >= 0.6 is 11.3 Å². The van der Waals surface area contributed by atoms with Gasteiger partial charge in [-0.05, 0) is 38.9 Å². The summed E-state index contributed by atoms with van der Waals surface area (Å²) in [6.45, 7) is 0. The molecule has 19 heavy (non-hydrogen) atoms. The zero-order valence-corrected chi connectivity index (χ0v) is 11.1. The summed E-state index contributed by atoms with van der Waals surface area (Å²) in [5.41, 5.74) is 3.73. The molecule has 1 heteroatoms. The Morgan fingerprint density at radius 3 is 2.68 bits per heavy atom. The van der Waals surface area contributed by atoms with Crippen molar-refractivity contribution in [3.63, 3.8) is 0 Å². The van der Waals surface area contributed by atoms with Crippen LogP contribution in [0, 0.1) is 6.07 Å². The van der Waals surface area contributed by atoms with Crippen LogP contribution < -0.4 is 0 Å². The van der Waals surface area contributed by atoms with Crippen LogP contribution in [0.25, 0.3) is 32.3 Å². The van der Waals surface area contributed by atoms with Gasteiger partial charge in [-0.25, -0.2) is 0 Å². The van der Waals surface area contributed by atoms with Crippen LogP contribution in [-0.4, -0.2) is 0 Å². The van der Waals surface area contributed by atoms with Gasteiger partial charge in [0.1, 0.15) is 0 Å². The van der Waals surface area contributed by atoms with Crippen molar-refractivity contribution in [2.75, 3.05) is 0 Å². The molecule has 1 aliphatic heterocycles. The van der Waals surface area contributed by atoms with E-state index in [4.69, 9.17) is 0 Å². The summed E-state index contributed by atoms with van der Waals surface area (Å²) in [6, 6.07) is 25.0. The second-order valence-corrected chi connectivity index (χ2v) is 5.52. The highest BCUT2D eigenvalue weighted by Gasteiger charge is 2.10. The predicted octanol–water partition coefficient (Wildman–Crippen LogP) is 5.47. The van der Waals surface area contributed by atoms with Crippen molar-refractivity contribution in [2.24, 2.45) is 0 Å². The van der Waals surface area contributed by atoms with Gasteiger partial charge >= 0.3 is 0 Å². The Kier molecular flexibility index (Phi) is 2.39. The fourth-order valence-corrected chi connectivity index (χ4v) is 3.25. The molecule has 2 aromatic carbocycles. The highest BCUT2D eigenvalue weighted by molar-refractivity contribution is 7.13. The van der Waals surface area contributed by atoms with E-state index in [0.29, 0.717) is 0 Å². The molecule has 0 nitrogen and oxygen atoms in total. The molecule has 0 saturated heterocycles. The first-order valence-electron chi connectivity index (χ1n) is 6.29. The molecule has 1 aliphatic carbocycles. The molecule has 0 unspecified atom stereocenters. The second kappa shape index (κ2) is 4.22. The van der Waals surface area contributed by atoms with E-state index in [0.717, 1.165) is 0 Å². The molecule has 0 saturated carbocycles. The predicted molar refractivity (Wildman–Crippen MR) is 82.7 cm³/mol. The van der Waals surface area contributed by atoms with Gasteiger partial charge in [-0.2, -0.15) is 0 Å². The molecular formula is C18H11S. The van der Waals surface area contributed by atoms with Crippen LogP contribution in [0.2, 0.25) is 0 Å². The lowest BCUT2D eigenvalue weighted by molar-refractivity contribution is 1.71. The first-order chi connectivity index (χ1) is 9.42. The summed E-state index contributed by atoms with van der Waals surface area (Å²) >= 11 is 1.74. The first kappa shape index (κ1) is 10.8. The molecule has 0 fully saturated rings. The van der Waals surface area contributed by atoms with E-state index in [1.807, 2.05) is 0 Å². The molecule has 0 aromatic heterocycles. The Balaban J connectivity index is 2.02. The Labute approximate surface area is 116 Å². The fraction of sp³-hybridized carbons (Fsp3) is 0. The van der Waals surface area contributed by atoms with E-state index in [1.165, 1.54) is 32.3 Å². The number of fused-ring (bicyclic) bond motifs is 2. The van der Waals surface area contributed by atoms with Gasteiger partial charge in [0.25, 0.3) is 0 Å². The van der Waals surface area contributed by atoms with Gasteiger partial charge < -0.3 is 0 Å². The number of benzene rings is 2. The third kappa shape index (κ3) is 1.74. The number of hydrogen-bond acceptors (Lipinski definition) is 1. The minimum Gasteiger partial charge on any atom is -0.143 e. The third-order valence-corrected chi connectivity index (χ3v) is 4.30. The molecule has 0 bridgehead atoms. The summed E-state index contributed by atoms with van der Waals surface area (Å²) in [6.07, 6.45) is 0. The van der Waals surface area contributed by atoms with Gasteiger partial charge in [0.2, 0.25) is 0 Å². The summed E-state index contributed by atoms with van der Waals surface area (Å²) < 4.78 is 0. The Bertz CT molecular complexity index is 791. The van der Waals surface area contributed by atoms with Gasteiger partial charge in [-0.15, -0.1) is 11.3 Å². The van der Waals surface area contributed by atoms with E-state index in [9.17, 15) is 0 Å². The van der Waals surface area contributed by atoms with E-state index in [-0.39, 0.29) is 0 Å². The standard InChI is InChI=1S/C18H11S/c1-2-8-16-13(5-1)6-3-9-17(16)15-11-14-7-4-10-19-18(14)12-15/h1-11H.